The molecule has 2 saturated heterocycles. The van der Waals surface area contributed by atoms with Gasteiger partial charge in [0.25, 0.3) is 0 Å². The maximum Gasteiger partial charge on any atom is 0.303 e. The summed E-state index contributed by atoms with van der Waals surface area (Å²) in [5, 5.41) is 0. The fraction of sp³-hybridized carbons (Fsp3) is 0.774. The van der Waals surface area contributed by atoms with Crippen LogP contribution in [-0.2, 0) is 33.3 Å². The van der Waals surface area contributed by atoms with Gasteiger partial charge in [-0.1, -0.05) is 39.3 Å². The molecular formula is C31H44O7. The number of ether oxygens (including phenoxy) is 4. The third-order valence-electron chi connectivity index (χ3n) is 10.6. The third-order valence-corrected chi connectivity index (χ3v) is 10.6. The van der Waals surface area contributed by atoms with Crippen molar-refractivity contribution < 1.29 is 33.3 Å². The Morgan fingerprint density at radius 2 is 1.79 bits per heavy atom. The minimum absolute atomic E-state index is 0.0401. The van der Waals surface area contributed by atoms with Crippen LogP contribution in [0.4, 0.5) is 0 Å². The number of hydrogen-bond acceptors (Lipinski definition) is 7. The van der Waals surface area contributed by atoms with Gasteiger partial charge in [-0.3, -0.25) is 14.4 Å². The monoisotopic (exact) mass is 528 g/mol. The van der Waals surface area contributed by atoms with Crippen LogP contribution in [0.25, 0.3) is 0 Å². The first-order valence-corrected chi connectivity index (χ1v) is 14.5. The number of allylic oxidation sites excluding steroid dienone is 4. The molecule has 5 aliphatic rings. The van der Waals surface area contributed by atoms with E-state index in [0.29, 0.717) is 18.8 Å². The zero-order chi connectivity index (χ0) is 27.7. The summed E-state index contributed by atoms with van der Waals surface area (Å²) in [7, 11) is 0. The summed E-state index contributed by atoms with van der Waals surface area (Å²) in [6.07, 6.45) is 10.3. The molecule has 0 unspecified atom stereocenters. The molecule has 0 aromatic heterocycles. The first-order chi connectivity index (χ1) is 17.8. The maximum absolute atomic E-state index is 12.4. The molecule has 2 heterocycles. The maximum atomic E-state index is 12.4. The van der Waals surface area contributed by atoms with Gasteiger partial charge in [-0.2, -0.15) is 0 Å². The van der Waals surface area contributed by atoms with E-state index in [1.807, 2.05) is 0 Å². The van der Waals surface area contributed by atoms with Crippen molar-refractivity contribution in [3.05, 3.63) is 23.8 Å². The van der Waals surface area contributed by atoms with Crippen LogP contribution < -0.4 is 0 Å². The number of fused-ring (bicyclic) bond motifs is 4. The highest BCUT2D eigenvalue weighted by Crippen LogP contribution is 2.71. The van der Waals surface area contributed by atoms with Gasteiger partial charge in [-0.05, 0) is 75.4 Å². The minimum atomic E-state index is -0.922. The highest BCUT2D eigenvalue weighted by atomic mass is 16.8. The molecule has 0 N–H and O–H groups in total. The van der Waals surface area contributed by atoms with E-state index in [1.165, 1.54) is 13.8 Å². The van der Waals surface area contributed by atoms with Crippen molar-refractivity contribution in [2.24, 2.45) is 29.1 Å². The summed E-state index contributed by atoms with van der Waals surface area (Å²) < 4.78 is 26.1. The minimum Gasteiger partial charge on any atom is -0.462 e. The average Bonchev–Trinajstić information content (AvgIpc) is 3.34. The van der Waals surface area contributed by atoms with Crippen molar-refractivity contribution in [3.8, 4) is 0 Å². The molecular weight excluding hydrogens is 484 g/mol. The summed E-state index contributed by atoms with van der Waals surface area (Å²) in [5.74, 6) is -0.905. The molecule has 0 aromatic rings. The fourth-order valence-electron chi connectivity index (χ4n) is 8.58. The molecule has 0 amide bonds. The summed E-state index contributed by atoms with van der Waals surface area (Å²) >= 11 is 0. The predicted octanol–water partition coefficient (Wildman–Crippen LogP) is 5.46. The number of esters is 2. The van der Waals surface area contributed by atoms with E-state index in [9.17, 15) is 14.4 Å². The molecule has 2 aliphatic heterocycles. The van der Waals surface area contributed by atoms with Crippen LogP contribution in [0.2, 0.25) is 0 Å². The second-order valence-corrected chi connectivity index (χ2v) is 13.2. The Balaban J connectivity index is 1.54. The van der Waals surface area contributed by atoms with Crippen LogP contribution in [0, 0.1) is 29.1 Å². The molecule has 4 fully saturated rings. The Morgan fingerprint density at radius 1 is 1.05 bits per heavy atom. The highest BCUT2D eigenvalue weighted by molar-refractivity contribution is 6.01. The highest BCUT2D eigenvalue weighted by Gasteiger charge is 2.79. The Bertz CT molecular complexity index is 1080. The van der Waals surface area contributed by atoms with Crippen LogP contribution in [-0.4, -0.2) is 46.9 Å². The second-order valence-electron chi connectivity index (χ2n) is 13.2. The standard InChI is InChI=1S/C31H44O7/c1-18(2)8-11-26(35-20(4)32)19(3)31-15-14-30(38-31)24-10-9-22-16-23(34)12-13-28(22,6)25(24)17-27(36-21(5)33)29(30,7)37-31/h12-13,16,18-19,24-27H,8-11,14-15,17H2,1-7H3/t19-,24-,25+,26+,27+,28+,29+,30-,31+/m1/s1. The molecule has 2 saturated carbocycles. The molecule has 2 bridgehead atoms. The zero-order valence-corrected chi connectivity index (χ0v) is 24.0. The van der Waals surface area contributed by atoms with Gasteiger partial charge in [-0.15, -0.1) is 0 Å². The van der Waals surface area contributed by atoms with Crippen LogP contribution in [0.1, 0.15) is 93.4 Å². The molecule has 3 aliphatic carbocycles. The van der Waals surface area contributed by atoms with Crippen molar-refractivity contribution in [1.82, 2.24) is 0 Å². The summed E-state index contributed by atoms with van der Waals surface area (Å²) in [6.45, 7) is 13.6. The Hall–Kier alpha value is -1.99. The molecule has 210 valence electrons. The predicted molar refractivity (Wildman–Crippen MR) is 141 cm³/mol. The van der Waals surface area contributed by atoms with Crippen molar-refractivity contribution in [2.45, 2.75) is 123 Å². The SMILES string of the molecule is CC(=O)O[C@@H](CCC(C)C)[C@@H](C)[C@]12CC[C@@]3(O1)[C@@H]1CCC4=CC(=O)C=C[C@]4(C)[C@H]1C[C@H](OC(C)=O)[C@]3(C)O2. The first-order valence-electron chi connectivity index (χ1n) is 14.5. The Kier molecular flexibility index (Phi) is 6.74. The smallest absolute Gasteiger partial charge is 0.303 e. The van der Waals surface area contributed by atoms with E-state index in [0.717, 1.165) is 37.7 Å². The largest absolute Gasteiger partial charge is 0.462 e. The fourth-order valence-corrected chi connectivity index (χ4v) is 8.58. The molecule has 1 spiro atoms. The molecule has 0 aromatic carbocycles. The van der Waals surface area contributed by atoms with Gasteiger partial charge in [0.15, 0.2) is 11.6 Å². The van der Waals surface area contributed by atoms with Gasteiger partial charge in [-0.25, -0.2) is 0 Å². The van der Waals surface area contributed by atoms with Gasteiger partial charge in [0, 0.05) is 31.6 Å². The first kappa shape index (κ1) is 27.6. The molecule has 38 heavy (non-hydrogen) atoms. The van der Waals surface area contributed by atoms with E-state index in [1.54, 1.807) is 12.2 Å². The van der Waals surface area contributed by atoms with E-state index in [-0.39, 0.29) is 47.0 Å². The van der Waals surface area contributed by atoms with Gasteiger partial charge in [0.2, 0.25) is 0 Å². The average molecular weight is 529 g/mol. The molecule has 7 heteroatoms. The van der Waals surface area contributed by atoms with Crippen molar-refractivity contribution in [2.75, 3.05) is 0 Å². The molecule has 0 radical (unpaired) electrons. The Labute approximate surface area is 226 Å². The van der Waals surface area contributed by atoms with Crippen LogP contribution in [0.5, 0.6) is 0 Å². The lowest BCUT2D eigenvalue weighted by molar-refractivity contribution is -0.253. The van der Waals surface area contributed by atoms with Crippen LogP contribution in [0.15, 0.2) is 23.8 Å². The van der Waals surface area contributed by atoms with Gasteiger partial charge < -0.3 is 18.9 Å². The number of hydrogen-bond donors (Lipinski definition) is 0. The second kappa shape index (κ2) is 9.29. The van der Waals surface area contributed by atoms with E-state index < -0.39 is 23.1 Å². The van der Waals surface area contributed by atoms with Gasteiger partial charge >= 0.3 is 11.9 Å². The number of carbonyl (C=O) groups is 3. The van der Waals surface area contributed by atoms with Crippen LogP contribution >= 0.6 is 0 Å². The number of rotatable bonds is 7. The van der Waals surface area contributed by atoms with E-state index in [4.69, 9.17) is 18.9 Å². The quantitative estimate of drug-likeness (QED) is 0.406. The third kappa shape index (κ3) is 4.02. The van der Waals surface area contributed by atoms with Gasteiger partial charge in [0.1, 0.15) is 23.4 Å². The number of carbonyl (C=O) groups excluding carboxylic acids is 3. The normalized spacial score (nSPS) is 42.6. The molecule has 5 rings (SSSR count). The Morgan fingerprint density at radius 3 is 2.45 bits per heavy atom. The molecule has 7 nitrogen and oxygen atoms in total. The lowest BCUT2D eigenvalue weighted by atomic mass is 9.47. The van der Waals surface area contributed by atoms with Crippen molar-refractivity contribution >= 4 is 17.7 Å². The van der Waals surface area contributed by atoms with Crippen molar-refractivity contribution in [3.63, 3.8) is 0 Å². The lowest BCUT2D eigenvalue weighted by Crippen LogP contribution is -2.69. The topological polar surface area (TPSA) is 88.1 Å². The molecule has 9 atom stereocenters. The van der Waals surface area contributed by atoms with Crippen LogP contribution in [0.3, 0.4) is 0 Å². The lowest BCUT2D eigenvalue weighted by Gasteiger charge is -2.61. The summed E-state index contributed by atoms with van der Waals surface area (Å²) in [5.41, 5.74) is -0.594. The van der Waals surface area contributed by atoms with Crippen molar-refractivity contribution in [1.29, 1.82) is 0 Å². The number of ketones is 1. The van der Waals surface area contributed by atoms with Gasteiger partial charge in [0.05, 0.1) is 0 Å². The zero-order valence-electron chi connectivity index (χ0n) is 24.0. The van der Waals surface area contributed by atoms with E-state index >= 15 is 0 Å². The van der Waals surface area contributed by atoms with E-state index in [2.05, 4.69) is 40.7 Å². The summed E-state index contributed by atoms with van der Waals surface area (Å²) in [4.78, 5) is 36.7. The summed E-state index contributed by atoms with van der Waals surface area (Å²) in [6, 6.07) is 0.